The van der Waals surface area contributed by atoms with Crippen LogP contribution in [0.3, 0.4) is 0 Å². The predicted octanol–water partition coefficient (Wildman–Crippen LogP) is 5.14. The minimum atomic E-state index is -4.50. The van der Waals surface area contributed by atoms with Gasteiger partial charge in [-0.25, -0.2) is 14.5 Å². The molecule has 10 heteroatoms. The maximum atomic E-state index is 13.1. The van der Waals surface area contributed by atoms with Gasteiger partial charge in [-0.3, -0.25) is 0 Å². The number of hydrogen-bond acceptors (Lipinski definition) is 5. The number of alkyl halides is 3. The molecule has 30 heavy (non-hydrogen) atoms. The molecule has 6 nitrogen and oxygen atoms in total. The Balaban J connectivity index is 1.86. The number of halogens is 4. The van der Waals surface area contributed by atoms with Crippen LogP contribution in [0, 0.1) is 13.8 Å². The number of aromatic nitrogens is 3. The second-order valence-corrected chi connectivity index (χ2v) is 6.91. The lowest BCUT2D eigenvalue weighted by molar-refractivity contribution is -0.137. The van der Waals surface area contributed by atoms with Crippen molar-refractivity contribution in [1.82, 2.24) is 14.8 Å². The average Bonchev–Trinajstić information content (AvgIpc) is 3.06. The van der Waals surface area contributed by atoms with E-state index in [1.807, 2.05) is 0 Å². The number of pyridine rings is 1. The van der Waals surface area contributed by atoms with E-state index >= 15 is 0 Å². The van der Waals surface area contributed by atoms with Crippen molar-refractivity contribution in [3.05, 3.63) is 75.7 Å². The van der Waals surface area contributed by atoms with Crippen molar-refractivity contribution in [3.8, 4) is 5.82 Å². The monoisotopic (exact) mass is 436 g/mol. The summed E-state index contributed by atoms with van der Waals surface area (Å²) in [6.07, 6.45) is -3.08. The Hall–Kier alpha value is -3.20. The molecular weight excluding hydrogens is 421 g/mol. The Morgan fingerprint density at radius 3 is 2.47 bits per heavy atom. The molecule has 3 aromatic rings. The Bertz CT molecular complexity index is 1120. The lowest BCUT2D eigenvalue weighted by atomic mass is 10.2. The summed E-state index contributed by atoms with van der Waals surface area (Å²) in [5.74, 6) is -0.650. The quantitative estimate of drug-likeness (QED) is 0.322. The molecule has 2 heterocycles. The normalized spacial score (nSPS) is 12.2. The molecule has 1 aromatic carbocycles. The molecule has 0 saturated carbocycles. The molecule has 0 radical (unpaired) electrons. The maximum Gasteiger partial charge on any atom is 0.416 e. The largest absolute Gasteiger partial charge is 0.416 e. The third-order valence-electron chi connectivity index (χ3n) is 4.23. The number of oxime groups is 1. The van der Waals surface area contributed by atoms with E-state index in [1.165, 1.54) is 29.9 Å². The van der Waals surface area contributed by atoms with E-state index in [-0.39, 0.29) is 17.1 Å². The number of benzene rings is 1. The minimum Gasteiger partial charge on any atom is -0.313 e. The first-order valence-electron chi connectivity index (χ1n) is 8.69. The molecule has 2 aromatic heterocycles. The number of carbonyl (C=O) groups is 1. The second kappa shape index (κ2) is 8.27. The van der Waals surface area contributed by atoms with Crippen molar-refractivity contribution in [2.75, 3.05) is 0 Å². The van der Waals surface area contributed by atoms with Gasteiger partial charge in [0.1, 0.15) is 0 Å². The fraction of sp³-hybridized carbons (Fsp3) is 0.200. The summed E-state index contributed by atoms with van der Waals surface area (Å²) < 4.78 is 40.6. The van der Waals surface area contributed by atoms with E-state index in [2.05, 4.69) is 15.2 Å². The van der Waals surface area contributed by atoms with E-state index < -0.39 is 17.7 Å². The highest BCUT2D eigenvalue weighted by molar-refractivity contribution is 6.30. The van der Waals surface area contributed by atoms with E-state index in [1.54, 1.807) is 26.0 Å². The lowest BCUT2D eigenvalue weighted by Crippen LogP contribution is -2.10. The first kappa shape index (κ1) is 21.5. The summed E-state index contributed by atoms with van der Waals surface area (Å²) in [7, 11) is 0. The van der Waals surface area contributed by atoms with Crippen LogP contribution in [0.1, 0.15) is 39.8 Å². The van der Waals surface area contributed by atoms with E-state index in [0.29, 0.717) is 22.0 Å². The van der Waals surface area contributed by atoms with Gasteiger partial charge in [0.05, 0.1) is 28.7 Å². The topological polar surface area (TPSA) is 69.4 Å². The number of nitrogens with zero attached hydrogens (tertiary/aromatic N) is 4. The van der Waals surface area contributed by atoms with Gasteiger partial charge in [-0.2, -0.15) is 18.3 Å². The highest BCUT2D eigenvalue weighted by atomic mass is 35.5. The zero-order valence-electron chi connectivity index (χ0n) is 16.2. The van der Waals surface area contributed by atoms with Crippen molar-refractivity contribution in [3.63, 3.8) is 0 Å². The van der Waals surface area contributed by atoms with Crippen LogP contribution < -0.4 is 0 Å². The van der Waals surface area contributed by atoms with Crippen molar-refractivity contribution >= 4 is 23.3 Å². The molecule has 0 fully saturated rings. The summed E-state index contributed by atoms with van der Waals surface area (Å²) in [5, 5.41) is 8.41. The van der Waals surface area contributed by atoms with Gasteiger partial charge in [0, 0.05) is 16.3 Å². The molecule has 0 atom stereocenters. The molecule has 156 valence electrons. The number of hydrogen-bond donors (Lipinski definition) is 0. The predicted molar refractivity (Wildman–Crippen MR) is 105 cm³/mol. The third-order valence-corrected chi connectivity index (χ3v) is 4.48. The fourth-order valence-corrected chi connectivity index (χ4v) is 2.84. The van der Waals surface area contributed by atoms with Gasteiger partial charge in [0.15, 0.2) is 5.82 Å². The van der Waals surface area contributed by atoms with Crippen LogP contribution in [-0.2, 0) is 11.0 Å². The maximum absolute atomic E-state index is 13.1. The number of carbonyl (C=O) groups excluding carboxylic acids is 1. The Kier molecular flexibility index (Phi) is 5.93. The summed E-state index contributed by atoms with van der Waals surface area (Å²) in [6.45, 7) is 4.72. The molecule has 0 amide bonds. The smallest absolute Gasteiger partial charge is 0.313 e. The van der Waals surface area contributed by atoms with Crippen LogP contribution >= 0.6 is 11.6 Å². The standard InChI is InChI=1S/C20H16ClF3N4O2/c1-11-8-15(20(22,23)24)9-18(26-11)28-13(3)17(10-25-28)12(2)27-30-19(29)14-4-6-16(21)7-5-14/h4-10H,1-3H3. The van der Waals surface area contributed by atoms with Gasteiger partial charge >= 0.3 is 12.1 Å². The van der Waals surface area contributed by atoms with Crippen molar-refractivity contribution < 1.29 is 22.8 Å². The van der Waals surface area contributed by atoms with E-state index in [9.17, 15) is 18.0 Å². The molecular formula is C20H16ClF3N4O2. The molecule has 0 aliphatic carbocycles. The molecule has 0 aliphatic rings. The first-order valence-corrected chi connectivity index (χ1v) is 9.07. The van der Waals surface area contributed by atoms with E-state index in [4.69, 9.17) is 16.4 Å². The zero-order valence-corrected chi connectivity index (χ0v) is 16.9. The highest BCUT2D eigenvalue weighted by Gasteiger charge is 2.31. The lowest BCUT2D eigenvalue weighted by Gasteiger charge is -2.11. The molecule has 0 N–H and O–H groups in total. The SMILES string of the molecule is CC(=NOC(=O)c1ccc(Cl)cc1)c1cnn(-c2cc(C(F)(F)F)cc(C)n2)c1C. The Morgan fingerprint density at radius 2 is 1.83 bits per heavy atom. The van der Waals surface area contributed by atoms with Gasteiger partial charge in [-0.1, -0.05) is 16.8 Å². The van der Waals surface area contributed by atoms with Gasteiger partial charge < -0.3 is 4.84 Å². The van der Waals surface area contributed by atoms with Crippen LogP contribution in [0.2, 0.25) is 5.02 Å². The number of aryl methyl sites for hydroxylation is 1. The van der Waals surface area contributed by atoms with Crippen LogP contribution in [-0.4, -0.2) is 26.4 Å². The van der Waals surface area contributed by atoms with Gasteiger partial charge in [0.2, 0.25) is 0 Å². The molecule has 0 aliphatic heterocycles. The molecule has 0 unspecified atom stereocenters. The summed E-state index contributed by atoms with van der Waals surface area (Å²) in [5.41, 5.74) is 0.972. The number of rotatable bonds is 4. The van der Waals surface area contributed by atoms with Gasteiger partial charge in [0.25, 0.3) is 0 Å². The van der Waals surface area contributed by atoms with Crippen LogP contribution in [0.5, 0.6) is 0 Å². The highest BCUT2D eigenvalue weighted by Crippen LogP contribution is 2.30. The van der Waals surface area contributed by atoms with Crippen LogP contribution in [0.4, 0.5) is 13.2 Å². The van der Waals surface area contributed by atoms with Gasteiger partial charge in [-0.15, -0.1) is 0 Å². The Morgan fingerprint density at radius 1 is 1.17 bits per heavy atom. The molecule has 0 spiro atoms. The summed E-state index contributed by atoms with van der Waals surface area (Å²) in [6, 6.07) is 7.98. The van der Waals surface area contributed by atoms with Crippen molar-refractivity contribution in [1.29, 1.82) is 0 Å². The van der Waals surface area contributed by atoms with Crippen molar-refractivity contribution in [2.24, 2.45) is 5.16 Å². The molecule has 0 saturated heterocycles. The van der Waals surface area contributed by atoms with Crippen LogP contribution in [0.15, 0.2) is 47.8 Å². The van der Waals surface area contributed by atoms with Gasteiger partial charge in [-0.05, 0) is 57.2 Å². The second-order valence-electron chi connectivity index (χ2n) is 6.47. The first-order chi connectivity index (χ1) is 14.1. The van der Waals surface area contributed by atoms with Crippen LogP contribution in [0.25, 0.3) is 5.82 Å². The fourth-order valence-electron chi connectivity index (χ4n) is 2.72. The summed E-state index contributed by atoms with van der Waals surface area (Å²) in [4.78, 5) is 21.1. The summed E-state index contributed by atoms with van der Waals surface area (Å²) >= 11 is 5.78. The Labute approximate surface area is 174 Å². The zero-order chi connectivity index (χ0) is 22.1. The molecule has 0 bridgehead atoms. The molecule has 3 rings (SSSR count). The average molecular weight is 437 g/mol. The van der Waals surface area contributed by atoms with Crippen molar-refractivity contribution in [2.45, 2.75) is 26.9 Å². The third kappa shape index (κ3) is 4.68. The minimum absolute atomic E-state index is 0.0250. The van der Waals surface area contributed by atoms with E-state index in [0.717, 1.165) is 12.1 Å².